The zero-order valence-corrected chi connectivity index (χ0v) is 13.4. The van der Waals surface area contributed by atoms with Gasteiger partial charge in [0.1, 0.15) is 0 Å². The SMILES string of the molecule is COc1ccc(C(=O)OCC(=O)c2ccc(Cl)cc2)cc1OC. The first-order chi connectivity index (χ1) is 11.0. The predicted octanol–water partition coefficient (Wildman–Crippen LogP) is 3.40. The summed E-state index contributed by atoms with van der Waals surface area (Å²) < 4.78 is 15.2. The lowest BCUT2D eigenvalue weighted by Crippen LogP contribution is -2.14. The van der Waals surface area contributed by atoms with Crippen molar-refractivity contribution in [3.8, 4) is 11.5 Å². The lowest BCUT2D eigenvalue weighted by atomic mass is 10.1. The third-order valence-corrected chi connectivity index (χ3v) is 3.37. The smallest absolute Gasteiger partial charge is 0.338 e. The number of hydrogen-bond donors (Lipinski definition) is 0. The Bertz CT molecular complexity index is 709. The van der Waals surface area contributed by atoms with Crippen molar-refractivity contribution >= 4 is 23.4 Å². The summed E-state index contributed by atoms with van der Waals surface area (Å²) in [5, 5.41) is 0.531. The second-order valence-electron chi connectivity index (χ2n) is 4.58. The number of hydrogen-bond acceptors (Lipinski definition) is 5. The molecule has 0 bridgehead atoms. The van der Waals surface area contributed by atoms with E-state index in [0.29, 0.717) is 22.1 Å². The molecule has 0 atom stereocenters. The number of Topliss-reactive ketones (excluding diaryl/α,β-unsaturated/α-hetero) is 1. The Morgan fingerprint density at radius 1 is 0.913 bits per heavy atom. The molecule has 2 aromatic carbocycles. The van der Waals surface area contributed by atoms with E-state index in [1.165, 1.54) is 26.4 Å². The van der Waals surface area contributed by atoms with Gasteiger partial charge in [0.05, 0.1) is 19.8 Å². The van der Waals surface area contributed by atoms with Crippen molar-refractivity contribution in [2.24, 2.45) is 0 Å². The van der Waals surface area contributed by atoms with Crippen LogP contribution in [0.2, 0.25) is 5.02 Å². The zero-order chi connectivity index (χ0) is 16.8. The van der Waals surface area contributed by atoms with Crippen LogP contribution in [0.3, 0.4) is 0 Å². The van der Waals surface area contributed by atoms with Crippen LogP contribution < -0.4 is 9.47 Å². The van der Waals surface area contributed by atoms with E-state index in [2.05, 4.69) is 0 Å². The van der Waals surface area contributed by atoms with Gasteiger partial charge in [-0.05, 0) is 42.5 Å². The first-order valence-corrected chi connectivity index (χ1v) is 7.11. The number of ether oxygens (including phenoxy) is 3. The molecule has 0 heterocycles. The summed E-state index contributed by atoms with van der Waals surface area (Å²) in [6, 6.07) is 11.0. The summed E-state index contributed by atoms with van der Waals surface area (Å²) in [6.07, 6.45) is 0. The lowest BCUT2D eigenvalue weighted by Gasteiger charge is -2.09. The standard InChI is InChI=1S/C17H15ClO5/c1-21-15-8-5-12(9-16(15)22-2)17(20)23-10-14(19)11-3-6-13(18)7-4-11/h3-9H,10H2,1-2H3. The van der Waals surface area contributed by atoms with Crippen LogP contribution in [0.5, 0.6) is 11.5 Å². The Kier molecular flexibility index (Phi) is 5.60. The number of rotatable bonds is 6. The van der Waals surface area contributed by atoms with Crippen molar-refractivity contribution in [1.29, 1.82) is 0 Å². The van der Waals surface area contributed by atoms with Gasteiger partial charge in [0, 0.05) is 10.6 Å². The minimum Gasteiger partial charge on any atom is -0.493 e. The number of benzene rings is 2. The molecule has 0 saturated heterocycles. The summed E-state index contributed by atoms with van der Waals surface area (Å²) in [6.45, 7) is -0.352. The maximum Gasteiger partial charge on any atom is 0.338 e. The van der Waals surface area contributed by atoms with E-state index in [4.69, 9.17) is 25.8 Å². The summed E-state index contributed by atoms with van der Waals surface area (Å²) in [7, 11) is 2.97. The van der Waals surface area contributed by atoms with E-state index >= 15 is 0 Å². The monoisotopic (exact) mass is 334 g/mol. The Hall–Kier alpha value is -2.53. The van der Waals surface area contributed by atoms with Gasteiger partial charge in [-0.3, -0.25) is 4.79 Å². The van der Waals surface area contributed by atoms with Crippen molar-refractivity contribution in [1.82, 2.24) is 0 Å². The molecule has 0 aliphatic carbocycles. The molecule has 2 rings (SSSR count). The number of carbonyl (C=O) groups excluding carboxylic acids is 2. The zero-order valence-electron chi connectivity index (χ0n) is 12.7. The molecular formula is C17H15ClO5. The molecule has 0 aliphatic heterocycles. The fourth-order valence-corrected chi connectivity index (χ4v) is 2.02. The molecule has 0 unspecified atom stereocenters. The first kappa shape index (κ1) is 16.8. The Balaban J connectivity index is 2.02. The third kappa shape index (κ3) is 4.23. The molecule has 0 radical (unpaired) electrons. The highest BCUT2D eigenvalue weighted by Gasteiger charge is 2.14. The second-order valence-corrected chi connectivity index (χ2v) is 5.01. The summed E-state index contributed by atoms with van der Waals surface area (Å²) in [4.78, 5) is 24.0. The maximum absolute atomic E-state index is 12.0. The lowest BCUT2D eigenvalue weighted by molar-refractivity contribution is 0.0474. The van der Waals surface area contributed by atoms with Crippen molar-refractivity contribution in [3.05, 3.63) is 58.6 Å². The normalized spacial score (nSPS) is 10.0. The van der Waals surface area contributed by atoms with Gasteiger partial charge in [0.25, 0.3) is 0 Å². The van der Waals surface area contributed by atoms with E-state index in [-0.39, 0.29) is 18.0 Å². The molecule has 120 valence electrons. The summed E-state index contributed by atoms with van der Waals surface area (Å²) in [5.41, 5.74) is 0.695. The van der Waals surface area contributed by atoms with Crippen LogP contribution in [0, 0.1) is 0 Å². The van der Waals surface area contributed by atoms with Crippen LogP contribution in [0.25, 0.3) is 0 Å². The van der Waals surface area contributed by atoms with Crippen LogP contribution in [-0.2, 0) is 4.74 Å². The number of carbonyl (C=O) groups is 2. The summed E-state index contributed by atoms with van der Waals surface area (Å²) >= 11 is 5.76. The number of ketones is 1. The highest BCUT2D eigenvalue weighted by molar-refractivity contribution is 6.30. The van der Waals surface area contributed by atoms with Gasteiger partial charge in [0.15, 0.2) is 23.9 Å². The van der Waals surface area contributed by atoms with Crippen LogP contribution >= 0.6 is 11.6 Å². The maximum atomic E-state index is 12.0. The van der Waals surface area contributed by atoms with E-state index < -0.39 is 5.97 Å². The topological polar surface area (TPSA) is 61.8 Å². The fourth-order valence-electron chi connectivity index (χ4n) is 1.90. The van der Waals surface area contributed by atoms with Crippen LogP contribution in [0.4, 0.5) is 0 Å². The molecule has 0 amide bonds. The van der Waals surface area contributed by atoms with Gasteiger partial charge >= 0.3 is 5.97 Å². The molecule has 0 aromatic heterocycles. The molecule has 2 aromatic rings. The highest BCUT2D eigenvalue weighted by Crippen LogP contribution is 2.27. The number of methoxy groups -OCH3 is 2. The van der Waals surface area contributed by atoms with Crippen molar-refractivity contribution < 1.29 is 23.8 Å². The molecule has 5 nitrogen and oxygen atoms in total. The average Bonchev–Trinajstić information content (AvgIpc) is 2.59. The van der Waals surface area contributed by atoms with E-state index in [0.717, 1.165) is 0 Å². The van der Waals surface area contributed by atoms with Crippen LogP contribution in [0.1, 0.15) is 20.7 Å². The second kappa shape index (κ2) is 7.65. The van der Waals surface area contributed by atoms with E-state index in [9.17, 15) is 9.59 Å². The van der Waals surface area contributed by atoms with Crippen LogP contribution in [0.15, 0.2) is 42.5 Å². The van der Waals surface area contributed by atoms with Gasteiger partial charge in [0.2, 0.25) is 0 Å². The first-order valence-electron chi connectivity index (χ1n) is 6.73. The quantitative estimate of drug-likeness (QED) is 0.598. The summed E-state index contributed by atoms with van der Waals surface area (Å²) in [5.74, 6) is -0.0176. The molecular weight excluding hydrogens is 320 g/mol. The van der Waals surface area contributed by atoms with Gasteiger partial charge in [-0.25, -0.2) is 4.79 Å². The van der Waals surface area contributed by atoms with Gasteiger partial charge in [-0.2, -0.15) is 0 Å². The highest BCUT2D eigenvalue weighted by atomic mass is 35.5. The fraction of sp³-hybridized carbons (Fsp3) is 0.176. The molecule has 0 spiro atoms. The Labute approximate surface area is 138 Å². The van der Waals surface area contributed by atoms with Gasteiger partial charge < -0.3 is 14.2 Å². The Morgan fingerprint density at radius 2 is 1.52 bits per heavy atom. The third-order valence-electron chi connectivity index (χ3n) is 3.12. The molecule has 0 aliphatic rings. The van der Waals surface area contributed by atoms with Gasteiger partial charge in [-0.1, -0.05) is 11.6 Å². The molecule has 23 heavy (non-hydrogen) atoms. The molecule has 0 saturated carbocycles. The average molecular weight is 335 g/mol. The van der Waals surface area contributed by atoms with Crippen molar-refractivity contribution in [2.75, 3.05) is 20.8 Å². The predicted molar refractivity (Wildman–Crippen MR) is 85.6 cm³/mol. The van der Waals surface area contributed by atoms with Crippen molar-refractivity contribution in [2.45, 2.75) is 0 Å². The molecule has 0 fully saturated rings. The minimum absolute atomic E-state index is 0.270. The molecule has 0 N–H and O–H groups in total. The largest absolute Gasteiger partial charge is 0.493 e. The van der Waals surface area contributed by atoms with Gasteiger partial charge in [-0.15, -0.1) is 0 Å². The van der Waals surface area contributed by atoms with E-state index in [1.54, 1.807) is 30.3 Å². The number of halogens is 1. The van der Waals surface area contributed by atoms with Crippen LogP contribution in [-0.4, -0.2) is 32.6 Å². The van der Waals surface area contributed by atoms with Crippen molar-refractivity contribution in [3.63, 3.8) is 0 Å². The Morgan fingerprint density at radius 3 is 2.13 bits per heavy atom. The minimum atomic E-state index is -0.617. The molecule has 6 heteroatoms. The van der Waals surface area contributed by atoms with E-state index in [1.807, 2.05) is 0 Å². The number of esters is 1.